The minimum absolute atomic E-state index is 0.113. The van der Waals surface area contributed by atoms with E-state index in [2.05, 4.69) is 0 Å². The van der Waals surface area contributed by atoms with E-state index < -0.39 is 0 Å². The van der Waals surface area contributed by atoms with E-state index >= 15 is 0 Å². The molecule has 0 atom stereocenters. The molecule has 0 aliphatic heterocycles. The second kappa shape index (κ2) is 6.79. The molecule has 110 valence electrons. The number of carbonyl (C=O) groups excluding carboxylic acids is 1. The summed E-state index contributed by atoms with van der Waals surface area (Å²) in [5.74, 6) is 0.943. The van der Waals surface area contributed by atoms with Crippen molar-refractivity contribution in [3.05, 3.63) is 48.0 Å². The van der Waals surface area contributed by atoms with Crippen molar-refractivity contribution in [3.63, 3.8) is 0 Å². The average Bonchev–Trinajstić information content (AvgIpc) is 2.52. The summed E-state index contributed by atoms with van der Waals surface area (Å²) in [7, 11) is 3.17. The lowest BCUT2D eigenvalue weighted by atomic mass is 10.0. The molecule has 0 radical (unpaired) electrons. The van der Waals surface area contributed by atoms with E-state index in [4.69, 9.17) is 14.2 Å². The van der Waals surface area contributed by atoms with Crippen LogP contribution in [0.3, 0.4) is 0 Å². The number of carbonyl (C=O) groups is 1. The maximum Gasteiger partial charge on any atom is 0.302 e. The minimum atomic E-state index is -0.343. The highest BCUT2D eigenvalue weighted by atomic mass is 16.5. The van der Waals surface area contributed by atoms with Crippen molar-refractivity contribution >= 4 is 5.97 Å². The Morgan fingerprint density at radius 2 is 1.71 bits per heavy atom. The van der Waals surface area contributed by atoms with Crippen molar-refractivity contribution < 1.29 is 19.0 Å². The number of rotatable bonds is 5. The summed E-state index contributed by atoms with van der Waals surface area (Å²) < 4.78 is 16.0. The van der Waals surface area contributed by atoms with E-state index in [-0.39, 0.29) is 12.6 Å². The van der Waals surface area contributed by atoms with Crippen molar-refractivity contribution in [2.24, 2.45) is 0 Å². The molecule has 2 aromatic carbocycles. The smallest absolute Gasteiger partial charge is 0.302 e. The molecule has 0 bridgehead atoms. The molecule has 0 saturated heterocycles. The third kappa shape index (κ3) is 3.34. The highest BCUT2D eigenvalue weighted by Crippen LogP contribution is 2.38. The maximum atomic E-state index is 11.1. The first-order chi connectivity index (χ1) is 10.2. The van der Waals surface area contributed by atoms with Crippen LogP contribution in [-0.2, 0) is 16.1 Å². The Morgan fingerprint density at radius 3 is 2.29 bits per heavy atom. The number of hydrogen-bond donors (Lipinski definition) is 0. The maximum absolute atomic E-state index is 11.1. The van der Waals surface area contributed by atoms with Gasteiger partial charge in [-0.3, -0.25) is 4.79 Å². The van der Waals surface area contributed by atoms with Gasteiger partial charge >= 0.3 is 5.97 Å². The Bertz CT molecular complexity index is 620. The SMILES string of the molecule is COc1ccc(-c2ccccc2)c(OC)c1COC(C)=O. The first kappa shape index (κ1) is 14.9. The van der Waals surface area contributed by atoms with Gasteiger partial charge in [-0.1, -0.05) is 30.3 Å². The third-order valence-corrected chi connectivity index (χ3v) is 3.15. The van der Waals surface area contributed by atoms with Crippen LogP contribution in [0.2, 0.25) is 0 Å². The molecule has 4 nitrogen and oxygen atoms in total. The Morgan fingerprint density at radius 1 is 1.00 bits per heavy atom. The lowest BCUT2D eigenvalue weighted by Gasteiger charge is -2.17. The average molecular weight is 286 g/mol. The zero-order chi connectivity index (χ0) is 15.2. The van der Waals surface area contributed by atoms with Crippen LogP contribution < -0.4 is 9.47 Å². The number of esters is 1. The molecule has 0 fully saturated rings. The molecule has 4 heteroatoms. The number of ether oxygens (including phenoxy) is 3. The fourth-order valence-corrected chi connectivity index (χ4v) is 2.19. The molecule has 2 aromatic rings. The van der Waals surface area contributed by atoms with E-state index in [1.807, 2.05) is 42.5 Å². The third-order valence-electron chi connectivity index (χ3n) is 3.15. The summed E-state index contributed by atoms with van der Waals surface area (Å²) in [5.41, 5.74) is 2.68. The number of hydrogen-bond acceptors (Lipinski definition) is 4. The summed E-state index contributed by atoms with van der Waals surface area (Å²) in [5, 5.41) is 0. The summed E-state index contributed by atoms with van der Waals surface area (Å²) in [6.45, 7) is 1.49. The fraction of sp³-hybridized carbons (Fsp3) is 0.235. The summed E-state index contributed by atoms with van der Waals surface area (Å²) in [4.78, 5) is 11.1. The van der Waals surface area contributed by atoms with Crippen molar-refractivity contribution in [3.8, 4) is 22.6 Å². The molecule has 2 rings (SSSR count). The van der Waals surface area contributed by atoms with Gasteiger partial charge in [-0.25, -0.2) is 0 Å². The van der Waals surface area contributed by atoms with Gasteiger partial charge in [0.05, 0.1) is 19.8 Å². The van der Waals surface area contributed by atoms with Crippen LogP contribution in [0.1, 0.15) is 12.5 Å². The topological polar surface area (TPSA) is 44.8 Å². The molecular formula is C17H18O4. The lowest BCUT2D eigenvalue weighted by molar-refractivity contribution is -0.142. The first-order valence-electron chi connectivity index (χ1n) is 6.60. The Kier molecular flexibility index (Phi) is 4.82. The van der Waals surface area contributed by atoms with Crippen molar-refractivity contribution in [2.45, 2.75) is 13.5 Å². The second-order valence-corrected chi connectivity index (χ2v) is 4.47. The standard InChI is InChI=1S/C17H18O4/c1-12(18)21-11-15-16(19-2)10-9-14(17(15)20-3)13-7-5-4-6-8-13/h4-10H,11H2,1-3H3. The molecule has 0 N–H and O–H groups in total. The van der Waals surface area contributed by atoms with Crippen LogP contribution in [-0.4, -0.2) is 20.2 Å². The van der Waals surface area contributed by atoms with Gasteiger partial charge in [0, 0.05) is 12.5 Å². The van der Waals surface area contributed by atoms with E-state index in [1.54, 1.807) is 14.2 Å². The van der Waals surface area contributed by atoms with E-state index in [9.17, 15) is 4.79 Å². The Labute approximate surface area is 124 Å². The van der Waals surface area contributed by atoms with Gasteiger partial charge in [0.1, 0.15) is 18.1 Å². The largest absolute Gasteiger partial charge is 0.496 e. The van der Waals surface area contributed by atoms with Gasteiger partial charge in [-0.15, -0.1) is 0 Å². The van der Waals surface area contributed by atoms with Gasteiger partial charge in [-0.2, -0.15) is 0 Å². The van der Waals surface area contributed by atoms with Crippen LogP contribution in [0.4, 0.5) is 0 Å². The monoisotopic (exact) mass is 286 g/mol. The van der Waals surface area contributed by atoms with E-state index in [1.165, 1.54) is 6.92 Å². The Balaban J connectivity index is 2.52. The molecule has 21 heavy (non-hydrogen) atoms. The predicted molar refractivity (Wildman–Crippen MR) is 80.5 cm³/mol. The van der Waals surface area contributed by atoms with Crippen LogP contribution in [0.15, 0.2) is 42.5 Å². The molecule has 0 aliphatic rings. The normalized spacial score (nSPS) is 10.0. The van der Waals surface area contributed by atoms with E-state index in [0.29, 0.717) is 11.5 Å². The van der Waals surface area contributed by atoms with Crippen LogP contribution >= 0.6 is 0 Å². The van der Waals surface area contributed by atoms with Crippen molar-refractivity contribution in [1.82, 2.24) is 0 Å². The van der Waals surface area contributed by atoms with Crippen molar-refractivity contribution in [2.75, 3.05) is 14.2 Å². The number of benzene rings is 2. The summed E-state index contributed by atoms with van der Waals surface area (Å²) >= 11 is 0. The first-order valence-corrected chi connectivity index (χ1v) is 6.60. The minimum Gasteiger partial charge on any atom is -0.496 e. The molecule has 0 aliphatic carbocycles. The predicted octanol–water partition coefficient (Wildman–Crippen LogP) is 3.43. The zero-order valence-corrected chi connectivity index (χ0v) is 12.4. The van der Waals surface area contributed by atoms with Gasteiger partial charge in [0.25, 0.3) is 0 Å². The van der Waals surface area contributed by atoms with Crippen molar-refractivity contribution in [1.29, 1.82) is 0 Å². The Hall–Kier alpha value is -2.49. The highest BCUT2D eigenvalue weighted by molar-refractivity contribution is 5.74. The van der Waals surface area contributed by atoms with Crippen LogP contribution in [0.25, 0.3) is 11.1 Å². The second-order valence-electron chi connectivity index (χ2n) is 4.47. The fourth-order valence-electron chi connectivity index (χ4n) is 2.19. The van der Waals surface area contributed by atoms with Gasteiger partial charge in [0.2, 0.25) is 0 Å². The number of methoxy groups -OCH3 is 2. The summed E-state index contributed by atoms with van der Waals surface area (Å²) in [6.07, 6.45) is 0. The van der Waals surface area contributed by atoms with Crippen LogP contribution in [0, 0.1) is 0 Å². The molecule has 0 spiro atoms. The van der Waals surface area contributed by atoms with Gasteiger partial charge in [0.15, 0.2) is 0 Å². The molecule has 0 saturated carbocycles. The molecule has 0 heterocycles. The quantitative estimate of drug-likeness (QED) is 0.790. The molecule has 0 unspecified atom stereocenters. The van der Waals surface area contributed by atoms with E-state index in [0.717, 1.165) is 16.7 Å². The molecule has 0 amide bonds. The van der Waals surface area contributed by atoms with Gasteiger partial charge < -0.3 is 14.2 Å². The van der Waals surface area contributed by atoms with Crippen LogP contribution in [0.5, 0.6) is 11.5 Å². The summed E-state index contributed by atoms with van der Waals surface area (Å²) in [6, 6.07) is 13.7. The van der Waals surface area contributed by atoms with Gasteiger partial charge in [-0.05, 0) is 17.7 Å². The highest BCUT2D eigenvalue weighted by Gasteiger charge is 2.17. The zero-order valence-electron chi connectivity index (χ0n) is 12.4. The molecular weight excluding hydrogens is 268 g/mol. The lowest BCUT2D eigenvalue weighted by Crippen LogP contribution is -2.04. The molecule has 0 aromatic heterocycles.